The van der Waals surface area contributed by atoms with Crippen LogP contribution >= 0.6 is 27.3 Å². The van der Waals surface area contributed by atoms with Crippen LogP contribution in [0.1, 0.15) is 24.1 Å². The second-order valence-electron chi connectivity index (χ2n) is 6.23. The van der Waals surface area contributed by atoms with Gasteiger partial charge in [-0.3, -0.25) is 11.3 Å². The van der Waals surface area contributed by atoms with Gasteiger partial charge >= 0.3 is 0 Å². The summed E-state index contributed by atoms with van der Waals surface area (Å²) in [5.41, 5.74) is 3.11. The Bertz CT molecular complexity index is 444. The topological polar surface area (TPSA) is 38.0 Å². The smallest absolute Gasteiger partial charge is 0.0314 e. The average molecular weight is 327 g/mol. The number of nitrogens with two attached hydrogens (primary N) is 1. The van der Waals surface area contributed by atoms with Gasteiger partial charge in [0.2, 0.25) is 0 Å². The summed E-state index contributed by atoms with van der Waals surface area (Å²) in [4.78, 5) is 1.44. The maximum Gasteiger partial charge on any atom is 0.0314 e. The number of rotatable bonds is 4. The van der Waals surface area contributed by atoms with Crippen molar-refractivity contribution in [2.45, 2.75) is 31.7 Å². The molecule has 0 spiro atoms. The minimum absolute atomic E-state index is 0.485. The van der Waals surface area contributed by atoms with E-state index in [0.29, 0.717) is 6.04 Å². The molecule has 0 amide bonds. The molecule has 3 N–H and O–H groups in total. The van der Waals surface area contributed by atoms with Crippen LogP contribution in [-0.4, -0.2) is 6.04 Å². The second kappa shape index (κ2) is 4.30. The van der Waals surface area contributed by atoms with Crippen LogP contribution in [-0.2, 0) is 6.42 Å². The Morgan fingerprint density at radius 2 is 2.11 bits per heavy atom. The molecule has 18 heavy (non-hydrogen) atoms. The van der Waals surface area contributed by atoms with Crippen molar-refractivity contribution in [2.24, 2.45) is 35.4 Å². The van der Waals surface area contributed by atoms with Crippen molar-refractivity contribution >= 4 is 27.3 Å². The number of hydrazine groups is 1. The Balaban J connectivity index is 1.49. The molecular formula is C14H19BrN2S. The molecule has 3 fully saturated rings. The maximum atomic E-state index is 5.83. The Labute approximate surface area is 120 Å². The molecule has 4 heteroatoms. The lowest BCUT2D eigenvalue weighted by Gasteiger charge is -2.19. The highest BCUT2D eigenvalue weighted by molar-refractivity contribution is 9.10. The lowest BCUT2D eigenvalue weighted by Crippen LogP contribution is -2.40. The van der Waals surface area contributed by atoms with Crippen LogP contribution in [0.25, 0.3) is 0 Å². The normalized spacial score (nSPS) is 42.0. The standard InChI is InChI=1S/C14H19BrN2S/c15-9-3-4-18-11(9)6-10(17-16)14-12-7-1-2-8(5-7)13(12)14/h3-4,7-8,10,12-14,17H,1-2,5-6,16H2. The predicted molar refractivity (Wildman–Crippen MR) is 78.1 cm³/mol. The molecule has 5 unspecified atom stereocenters. The minimum Gasteiger partial charge on any atom is -0.271 e. The fourth-order valence-corrected chi connectivity index (χ4v) is 6.48. The van der Waals surface area contributed by atoms with Gasteiger partial charge in [0.25, 0.3) is 0 Å². The van der Waals surface area contributed by atoms with Crippen molar-refractivity contribution in [3.05, 3.63) is 20.8 Å². The first-order valence-electron chi connectivity index (χ1n) is 6.97. The summed E-state index contributed by atoms with van der Waals surface area (Å²) in [6.45, 7) is 0. The number of halogens is 1. The van der Waals surface area contributed by atoms with Crippen molar-refractivity contribution in [1.29, 1.82) is 0 Å². The van der Waals surface area contributed by atoms with Gasteiger partial charge in [-0.2, -0.15) is 0 Å². The number of hydrogen-bond acceptors (Lipinski definition) is 3. The van der Waals surface area contributed by atoms with Gasteiger partial charge in [-0.1, -0.05) is 0 Å². The third-order valence-electron chi connectivity index (χ3n) is 5.57. The average Bonchev–Trinajstić information content (AvgIpc) is 2.72. The van der Waals surface area contributed by atoms with Crippen LogP contribution in [0, 0.1) is 29.6 Å². The van der Waals surface area contributed by atoms with Gasteiger partial charge in [0.15, 0.2) is 0 Å². The molecule has 3 aliphatic carbocycles. The Morgan fingerprint density at radius 3 is 2.67 bits per heavy atom. The molecule has 4 rings (SSSR count). The van der Waals surface area contributed by atoms with Gasteiger partial charge in [0.1, 0.15) is 0 Å². The molecule has 1 aromatic heterocycles. The molecular weight excluding hydrogens is 308 g/mol. The van der Waals surface area contributed by atoms with Gasteiger partial charge in [-0.05, 0) is 82.6 Å². The molecule has 1 heterocycles. The number of fused-ring (bicyclic) bond motifs is 5. The fraction of sp³-hybridized carbons (Fsp3) is 0.714. The van der Waals surface area contributed by atoms with E-state index in [1.54, 1.807) is 0 Å². The minimum atomic E-state index is 0.485. The molecule has 2 bridgehead atoms. The van der Waals surface area contributed by atoms with Crippen LogP contribution in [0.5, 0.6) is 0 Å². The first-order chi connectivity index (χ1) is 8.79. The Kier molecular flexibility index (Phi) is 2.84. The molecule has 1 aromatic rings. The zero-order chi connectivity index (χ0) is 12.3. The lowest BCUT2D eigenvalue weighted by molar-refractivity contribution is 0.366. The summed E-state index contributed by atoms with van der Waals surface area (Å²) in [5.74, 6) is 10.8. The van der Waals surface area contributed by atoms with Gasteiger partial charge < -0.3 is 0 Å². The van der Waals surface area contributed by atoms with E-state index in [9.17, 15) is 0 Å². The van der Waals surface area contributed by atoms with Crippen molar-refractivity contribution in [1.82, 2.24) is 5.43 Å². The van der Waals surface area contributed by atoms with E-state index in [1.807, 2.05) is 11.3 Å². The first kappa shape index (κ1) is 11.9. The second-order valence-corrected chi connectivity index (χ2v) is 8.09. The molecule has 0 saturated heterocycles. The lowest BCUT2D eigenvalue weighted by atomic mass is 9.95. The molecule has 0 radical (unpaired) electrons. The quantitative estimate of drug-likeness (QED) is 0.658. The highest BCUT2D eigenvalue weighted by Gasteiger charge is 2.66. The van der Waals surface area contributed by atoms with Gasteiger partial charge in [0.05, 0.1) is 0 Å². The van der Waals surface area contributed by atoms with Crippen LogP contribution in [0.4, 0.5) is 0 Å². The molecule has 2 nitrogen and oxygen atoms in total. The van der Waals surface area contributed by atoms with Crippen molar-refractivity contribution in [3.63, 3.8) is 0 Å². The van der Waals surface area contributed by atoms with Crippen LogP contribution in [0.3, 0.4) is 0 Å². The SMILES string of the molecule is NNC(Cc1sccc1Br)C1C2C3CCC(C3)C21. The van der Waals surface area contributed by atoms with Gasteiger partial charge in [-0.25, -0.2) is 0 Å². The number of hydrogen-bond donors (Lipinski definition) is 2. The number of nitrogens with one attached hydrogen (secondary N) is 1. The van der Waals surface area contributed by atoms with Gasteiger partial charge in [-0.15, -0.1) is 11.3 Å². The summed E-state index contributed by atoms with van der Waals surface area (Å²) >= 11 is 5.47. The molecule has 98 valence electrons. The summed E-state index contributed by atoms with van der Waals surface area (Å²) in [6, 6.07) is 2.63. The maximum absolute atomic E-state index is 5.83. The molecule has 0 aromatic carbocycles. The molecule has 3 saturated carbocycles. The molecule has 0 aliphatic heterocycles. The van der Waals surface area contributed by atoms with E-state index in [0.717, 1.165) is 36.0 Å². The van der Waals surface area contributed by atoms with Gasteiger partial charge in [0, 0.05) is 15.4 Å². The van der Waals surface area contributed by atoms with Crippen molar-refractivity contribution < 1.29 is 0 Å². The first-order valence-corrected chi connectivity index (χ1v) is 8.65. The largest absolute Gasteiger partial charge is 0.271 e. The van der Waals surface area contributed by atoms with E-state index >= 15 is 0 Å². The Morgan fingerprint density at radius 1 is 1.39 bits per heavy atom. The van der Waals surface area contributed by atoms with Crippen LogP contribution in [0.15, 0.2) is 15.9 Å². The van der Waals surface area contributed by atoms with Crippen molar-refractivity contribution in [2.75, 3.05) is 0 Å². The summed E-state index contributed by atoms with van der Waals surface area (Å²) in [5, 5.41) is 2.16. The zero-order valence-electron chi connectivity index (χ0n) is 10.3. The molecule has 3 aliphatic rings. The Hall–Kier alpha value is 0.100. The van der Waals surface area contributed by atoms with E-state index in [-0.39, 0.29) is 0 Å². The predicted octanol–water partition coefficient (Wildman–Crippen LogP) is 3.18. The third kappa shape index (κ3) is 1.65. The van der Waals surface area contributed by atoms with E-state index < -0.39 is 0 Å². The van der Waals surface area contributed by atoms with Crippen molar-refractivity contribution in [3.8, 4) is 0 Å². The van der Waals surface area contributed by atoms with Crippen LogP contribution in [0.2, 0.25) is 0 Å². The fourth-order valence-electron chi connectivity index (χ4n) is 4.91. The highest BCUT2D eigenvalue weighted by Crippen LogP contribution is 2.70. The monoisotopic (exact) mass is 326 g/mol. The molecule has 5 atom stereocenters. The summed E-state index contributed by atoms with van der Waals surface area (Å²) in [7, 11) is 0. The summed E-state index contributed by atoms with van der Waals surface area (Å²) in [6.07, 6.45) is 5.59. The summed E-state index contributed by atoms with van der Waals surface area (Å²) < 4.78 is 1.25. The number of thiophene rings is 1. The zero-order valence-corrected chi connectivity index (χ0v) is 12.7. The van der Waals surface area contributed by atoms with E-state index in [1.165, 1.54) is 28.6 Å². The third-order valence-corrected chi connectivity index (χ3v) is 7.52. The van der Waals surface area contributed by atoms with E-state index in [2.05, 4.69) is 32.8 Å². The van der Waals surface area contributed by atoms with Crippen LogP contribution < -0.4 is 11.3 Å². The highest BCUT2D eigenvalue weighted by atomic mass is 79.9. The van der Waals surface area contributed by atoms with E-state index in [4.69, 9.17) is 5.84 Å².